The predicted molar refractivity (Wildman–Crippen MR) is 87.9 cm³/mol. The number of phenolic OH excluding ortho intramolecular Hbond substituents is 1. The summed E-state index contributed by atoms with van der Waals surface area (Å²) in [5, 5.41) is 9.72. The van der Waals surface area contributed by atoms with E-state index in [1.165, 1.54) is 18.2 Å². The molecule has 3 nitrogen and oxygen atoms in total. The molecule has 0 saturated heterocycles. The van der Waals surface area contributed by atoms with Gasteiger partial charge in [-0.1, -0.05) is 60.7 Å². The summed E-state index contributed by atoms with van der Waals surface area (Å²) in [5.74, 6) is -0.584. The summed E-state index contributed by atoms with van der Waals surface area (Å²) in [6, 6.07) is 21.7. The van der Waals surface area contributed by atoms with Crippen LogP contribution in [0.2, 0.25) is 0 Å². The lowest BCUT2D eigenvalue weighted by molar-refractivity contribution is 0.100. The summed E-state index contributed by atoms with van der Waals surface area (Å²) >= 11 is 0. The molecule has 3 aromatic rings. The van der Waals surface area contributed by atoms with E-state index < -0.39 is 0 Å². The van der Waals surface area contributed by atoms with Crippen LogP contribution in [-0.4, -0.2) is 16.7 Å². The third-order valence-electron chi connectivity index (χ3n) is 3.56. The van der Waals surface area contributed by atoms with Crippen LogP contribution in [0.5, 0.6) is 5.75 Å². The molecule has 3 heteroatoms. The van der Waals surface area contributed by atoms with E-state index >= 15 is 0 Å². The van der Waals surface area contributed by atoms with Gasteiger partial charge in [0.05, 0.1) is 0 Å². The smallest absolute Gasteiger partial charge is 0.193 e. The third-order valence-corrected chi connectivity index (χ3v) is 3.56. The van der Waals surface area contributed by atoms with Crippen LogP contribution >= 0.6 is 0 Å². The van der Waals surface area contributed by atoms with Crippen molar-refractivity contribution in [3.8, 4) is 5.75 Å². The Hall–Kier alpha value is -3.20. The van der Waals surface area contributed by atoms with Gasteiger partial charge in [-0.05, 0) is 18.2 Å². The Bertz CT molecular complexity index is 853. The minimum atomic E-state index is -0.291. The molecule has 0 saturated carbocycles. The van der Waals surface area contributed by atoms with Crippen molar-refractivity contribution >= 4 is 11.6 Å². The molecule has 0 bridgehead atoms. The van der Waals surface area contributed by atoms with Crippen LogP contribution < -0.4 is 0 Å². The Labute approximate surface area is 133 Å². The van der Waals surface area contributed by atoms with Crippen LogP contribution in [-0.2, 0) is 0 Å². The number of hydrogen-bond donors (Lipinski definition) is 1. The Kier molecular flexibility index (Phi) is 4.02. The van der Waals surface area contributed by atoms with E-state index in [2.05, 4.69) is 0 Å². The number of phenols is 1. The van der Waals surface area contributed by atoms with Crippen molar-refractivity contribution in [3.63, 3.8) is 0 Å². The van der Waals surface area contributed by atoms with E-state index in [0.717, 1.165) is 0 Å². The van der Waals surface area contributed by atoms with E-state index in [9.17, 15) is 14.7 Å². The number of hydrogen-bond acceptors (Lipinski definition) is 3. The molecule has 0 aliphatic rings. The Morgan fingerprint density at radius 3 is 1.61 bits per heavy atom. The van der Waals surface area contributed by atoms with Crippen molar-refractivity contribution in [2.45, 2.75) is 0 Å². The highest BCUT2D eigenvalue weighted by molar-refractivity contribution is 6.19. The van der Waals surface area contributed by atoms with Crippen molar-refractivity contribution in [2.24, 2.45) is 0 Å². The summed E-state index contributed by atoms with van der Waals surface area (Å²) in [5.41, 5.74) is 1.45. The summed E-state index contributed by atoms with van der Waals surface area (Å²) in [4.78, 5) is 25.4. The van der Waals surface area contributed by atoms with Crippen molar-refractivity contribution in [1.29, 1.82) is 0 Å². The standard InChI is InChI=1S/C20H14O3/c21-16-11-12-17(19(22)14-7-3-1-4-8-14)18(13-16)20(23)15-9-5-2-6-10-15/h1-13,21H. The second-order valence-electron chi connectivity index (χ2n) is 5.12. The molecule has 0 aromatic heterocycles. The molecule has 3 aromatic carbocycles. The van der Waals surface area contributed by atoms with E-state index in [1.54, 1.807) is 48.5 Å². The number of benzene rings is 3. The maximum atomic E-state index is 12.7. The normalized spacial score (nSPS) is 10.3. The average Bonchev–Trinajstić information content (AvgIpc) is 2.62. The van der Waals surface area contributed by atoms with Gasteiger partial charge in [0.15, 0.2) is 11.6 Å². The largest absolute Gasteiger partial charge is 0.508 e. The minimum Gasteiger partial charge on any atom is -0.508 e. The maximum Gasteiger partial charge on any atom is 0.193 e. The molecule has 0 spiro atoms. The van der Waals surface area contributed by atoms with Crippen LogP contribution in [0.1, 0.15) is 31.8 Å². The molecule has 0 aliphatic carbocycles. The van der Waals surface area contributed by atoms with Gasteiger partial charge in [0.25, 0.3) is 0 Å². The second kappa shape index (κ2) is 6.28. The Morgan fingerprint density at radius 2 is 1.09 bits per heavy atom. The first-order valence-electron chi connectivity index (χ1n) is 7.19. The summed E-state index contributed by atoms with van der Waals surface area (Å²) in [7, 11) is 0. The number of ketones is 2. The van der Waals surface area contributed by atoms with Gasteiger partial charge in [0, 0.05) is 22.3 Å². The number of carbonyl (C=O) groups excluding carboxylic acids is 2. The predicted octanol–water partition coefficient (Wildman–Crippen LogP) is 3.85. The molecule has 0 aliphatic heterocycles. The van der Waals surface area contributed by atoms with E-state index in [-0.39, 0.29) is 28.4 Å². The maximum absolute atomic E-state index is 12.7. The zero-order valence-corrected chi connectivity index (χ0v) is 12.3. The monoisotopic (exact) mass is 302 g/mol. The number of carbonyl (C=O) groups is 2. The highest BCUT2D eigenvalue weighted by Gasteiger charge is 2.20. The molecule has 0 heterocycles. The van der Waals surface area contributed by atoms with Gasteiger partial charge in [0.1, 0.15) is 5.75 Å². The van der Waals surface area contributed by atoms with Crippen LogP contribution in [0, 0.1) is 0 Å². The van der Waals surface area contributed by atoms with E-state index in [1.807, 2.05) is 12.1 Å². The second-order valence-corrected chi connectivity index (χ2v) is 5.12. The minimum absolute atomic E-state index is 0.0473. The summed E-state index contributed by atoms with van der Waals surface area (Å²) < 4.78 is 0. The van der Waals surface area contributed by atoms with E-state index in [0.29, 0.717) is 11.1 Å². The van der Waals surface area contributed by atoms with Crippen molar-refractivity contribution in [3.05, 3.63) is 101 Å². The fraction of sp³-hybridized carbons (Fsp3) is 0. The van der Waals surface area contributed by atoms with Gasteiger partial charge < -0.3 is 5.11 Å². The van der Waals surface area contributed by atoms with Crippen LogP contribution in [0.3, 0.4) is 0 Å². The van der Waals surface area contributed by atoms with Gasteiger partial charge in [-0.2, -0.15) is 0 Å². The quantitative estimate of drug-likeness (QED) is 0.745. The molecule has 0 unspecified atom stereocenters. The first kappa shape index (κ1) is 14.7. The number of aromatic hydroxyl groups is 1. The number of rotatable bonds is 4. The van der Waals surface area contributed by atoms with Gasteiger partial charge in [0.2, 0.25) is 0 Å². The zero-order valence-electron chi connectivity index (χ0n) is 12.3. The van der Waals surface area contributed by atoms with Crippen LogP contribution in [0.15, 0.2) is 78.9 Å². The Morgan fingerprint density at radius 1 is 0.609 bits per heavy atom. The first-order chi connectivity index (χ1) is 11.2. The molecule has 1 N–H and O–H groups in total. The van der Waals surface area contributed by atoms with Crippen molar-refractivity contribution in [1.82, 2.24) is 0 Å². The Balaban J connectivity index is 2.09. The van der Waals surface area contributed by atoms with E-state index in [4.69, 9.17) is 0 Å². The molecule has 112 valence electrons. The van der Waals surface area contributed by atoms with Crippen LogP contribution in [0.4, 0.5) is 0 Å². The highest BCUT2D eigenvalue weighted by atomic mass is 16.3. The van der Waals surface area contributed by atoms with Gasteiger partial charge >= 0.3 is 0 Å². The zero-order chi connectivity index (χ0) is 16.2. The molecular weight excluding hydrogens is 288 g/mol. The SMILES string of the molecule is O=C(c1ccccc1)c1ccc(O)cc1C(=O)c1ccccc1. The van der Waals surface area contributed by atoms with Gasteiger partial charge in [-0.25, -0.2) is 0 Å². The third kappa shape index (κ3) is 3.04. The highest BCUT2D eigenvalue weighted by Crippen LogP contribution is 2.22. The fourth-order valence-corrected chi connectivity index (χ4v) is 2.41. The molecular formula is C20H14O3. The molecule has 23 heavy (non-hydrogen) atoms. The molecule has 3 rings (SSSR count). The molecule has 0 fully saturated rings. The molecule has 0 atom stereocenters. The summed E-state index contributed by atoms with van der Waals surface area (Å²) in [6.45, 7) is 0. The molecule has 0 amide bonds. The molecule has 0 radical (unpaired) electrons. The first-order valence-corrected chi connectivity index (χ1v) is 7.19. The lowest BCUT2D eigenvalue weighted by Gasteiger charge is -2.09. The van der Waals surface area contributed by atoms with Crippen LogP contribution in [0.25, 0.3) is 0 Å². The summed E-state index contributed by atoms with van der Waals surface area (Å²) in [6.07, 6.45) is 0. The van der Waals surface area contributed by atoms with Crippen molar-refractivity contribution < 1.29 is 14.7 Å². The fourth-order valence-electron chi connectivity index (χ4n) is 2.41. The van der Waals surface area contributed by atoms with Crippen molar-refractivity contribution in [2.75, 3.05) is 0 Å². The topological polar surface area (TPSA) is 54.4 Å². The van der Waals surface area contributed by atoms with Gasteiger partial charge in [-0.3, -0.25) is 9.59 Å². The van der Waals surface area contributed by atoms with Gasteiger partial charge in [-0.15, -0.1) is 0 Å². The lowest BCUT2D eigenvalue weighted by Crippen LogP contribution is -2.11. The lowest BCUT2D eigenvalue weighted by atomic mass is 9.93. The average molecular weight is 302 g/mol.